The summed E-state index contributed by atoms with van der Waals surface area (Å²) in [5.74, 6) is 0. The molecule has 1 atom stereocenters. The Hall–Kier alpha value is -0.800. The van der Waals surface area contributed by atoms with Crippen LogP contribution in [0.4, 0.5) is 0 Å². The molecule has 3 rings (SSSR count). The first-order valence-corrected chi connectivity index (χ1v) is 7.87. The summed E-state index contributed by atoms with van der Waals surface area (Å²) in [6.45, 7) is 5.78. The van der Waals surface area contributed by atoms with Crippen molar-refractivity contribution >= 4 is 0 Å². The first-order valence-electron chi connectivity index (χ1n) is 7.87. The van der Waals surface area contributed by atoms with Gasteiger partial charge in [-0.1, -0.05) is 19.8 Å². The maximum atomic E-state index is 5.35. The van der Waals surface area contributed by atoms with Crippen molar-refractivity contribution in [2.75, 3.05) is 19.6 Å². The molecule has 1 N–H and O–H groups in total. The van der Waals surface area contributed by atoms with Crippen LogP contribution in [0.25, 0.3) is 0 Å². The molecule has 1 unspecified atom stereocenters. The fourth-order valence-electron chi connectivity index (χ4n) is 4.20. The minimum Gasteiger partial charge on any atom is -0.472 e. The molecule has 19 heavy (non-hydrogen) atoms. The van der Waals surface area contributed by atoms with Gasteiger partial charge >= 0.3 is 0 Å². The van der Waals surface area contributed by atoms with E-state index >= 15 is 0 Å². The van der Waals surface area contributed by atoms with Crippen molar-refractivity contribution in [2.45, 2.75) is 57.0 Å². The van der Waals surface area contributed by atoms with Crippen LogP contribution in [0.5, 0.6) is 0 Å². The number of likely N-dealkylation sites (tertiary alicyclic amines) is 1. The highest BCUT2D eigenvalue weighted by atomic mass is 16.3. The van der Waals surface area contributed by atoms with Crippen LogP contribution in [0.15, 0.2) is 23.0 Å². The summed E-state index contributed by atoms with van der Waals surface area (Å²) in [6, 6.07) is 2.57. The van der Waals surface area contributed by atoms with E-state index in [0.29, 0.717) is 11.6 Å². The van der Waals surface area contributed by atoms with Crippen molar-refractivity contribution in [3.63, 3.8) is 0 Å². The van der Waals surface area contributed by atoms with E-state index in [9.17, 15) is 0 Å². The van der Waals surface area contributed by atoms with Crippen LogP contribution >= 0.6 is 0 Å². The van der Waals surface area contributed by atoms with E-state index in [-0.39, 0.29) is 0 Å². The van der Waals surface area contributed by atoms with Gasteiger partial charge in [0.25, 0.3) is 0 Å². The molecule has 2 aliphatic rings. The van der Waals surface area contributed by atoms with Crippen LogP contribution in [0.1, 0.15) is 57.1 Å². The van der Waals surface area contributed by atoms with Crippen molar-refractivity contribution in [3.05, 3.63) is 24.2 Å². The summed E-state index contributed by atoms with van der Waals surface area (Å²) in [4.78, 5) is 2.76. The summed E-state index contributed by atoms with van der Waals surface area (Å²) < 4.78 is 5.35. The Kier molecular flexibility index (Phi) is 3.94. The van der Waals surface area contributed by atoms with Crippen LogP contribution in [0, 0.1) is 0 Å². The number of hydrogen-bond donors (Lipinski definition) is 1. The topological polar surface area (TPSA) is 28.4 Å². The van der Waals surface area contributed by atoms with Gasteiger partial charge in [-0.25, -0.2) is 0 Å². The number of nitrogens with one attached hydrogen (secondary N) is 1. The predicted molar refractivity (Wildman–Crippen MR) is 77.1 cm³/mol. The molecule has 1 aliphatic carbocycles. The molecule has 2 heterocycles. The number of hydrogen-bond acceptors (Lipinski definition) is 3. The fourth-order valence-corrected chi connectivity index (χ4v) is 4.20. The lowest BCUT2D eigenvalue weighted by molar-refractivity contribution is 0.0768. The van der Waals surface area contributed by atoms with Gasteiger partial charge in [-0.05, 0) is 51.4 Å². The average molecular weight is 262 g/mol. The molecule has 0 amide bonds. The van der Waals surface area contributed by atoms with Gasteiger partial charge in [-0.3, -0.25) is 4.90 Å². The maximum Gasteiger partial charge on any atom is 0.0951 e. The lowest BCUT2D eigenvalue weighted by atomic mass is 9.83. The SMILES string of the molecule is CCNC(c1ccoc1)C1(N2CCCC2)CCCC1. The van der Waals surface area contributed by atoms with Gasteiger partial charge in [0, 0.05) is 11.1 Å². The Labute approximate surface area is 116 Å². The number of rotatable bonds is 5. The summed E-state index contributed by atoms with van der Waals surface area (Å²) >= 11 is 0. The van der Waals surface area contributed by atoms with Gasteiger partial charge < -0.3 is 9.73 Å². The molecule has 3 heteroatoms. The fraction of sp³-hybridized carbons (Fsp3) is 0.750. The number of nitrogens with zero attached hydrogens (tertiary/aromatic N) is 1. The molecular formula is C16H26N2O. The van der Waals surface area contributed by atoms with Crippen molar-refractivity contribution < 1.29 is 4.42 Å². The third kappa shape index (κ3) is 2.34. The number of likely N-dealkylation sites (N-methyl/N-ethyl adjacent to an activating group) is 1. The van der Waals surface area contributed by atoms with Gasteiger partial charge in [-0.2, -0.15) is 0 Å². The van der Waals surface area contributed by atoms with Crippen LogP contribution in [-0.2, 0) is 0 Å². The summed E-state index contributed by atoms with van der Waals surface area (Å²) in [6.07, 6.45) is 11.9. The lowest BCUT2D eigenvalue weighted by Crippen LogP contribution is -2.54. The third-order valence-corrected chi connectivity index (χ3v) is 5.03. The van der Waals surface area contributed by atoms with Crippen molar-refractivity contribution in [1.29, 1.82) is 0 Å². The zero-order chi connectivity index (χ0) is 13.1. The normalized spacial score (nSPS) is 24.9. The first-order chi connectivity index (χ1) is 9.37. The average Bonchev–Trinajstić information content (AvgIpc) is 3.15. The van der Waals surface area contributed by atoms with Crippen molar-refractivity contribution in [3.8, 4) is 0 Å². The smallest absolute Gasteiger partial charge is 0.0951 e. The third-order valence-electron chi connectivity index (χ3n) is 5.03. The summed E-state index contributed by atoms with van der Waals surface area (Å²) in [5.41, 5.74) is 1.66. The second kappa shape index (κ2) is 5.68. The molecule has 0 spiro atoms. The molecule has 2 fully saturated rings. The van der Waals surface area contributed by atoms with E-state index in [2.05, 4.69) is 23.2 Å². The summed E-state index contributed by atoms with van der Waals surface area (Å²) in [5, 5.41) is 3.74. The Morgan fingerprint density at radius 3 is 2.58 bits per heavy atom. The highest BCUT2D eigenvalue weighted by molar-refractivity contribution is 5.20. The van der Waals surface area contributed by atoms with Gasteiger partial charge in [0.15, 0.2) is 0 Å². The number of furan rings is 1. The van der Waals surface area contributed by atoms with Gasteiger partial charge in [0.05, 0.1) is 18.6 Å². The largest absolute Gasteiger partial charge is 0.472 e. The Bertz CT molecular complexity index is 375. The monoisotopic (exact) mass is 262 g/mol. The molecule has 0 radical (unpaired) electrons. The van der Waals surface area contributed by atoms with Gasteiger partial charge in [-0.15, -0.1) is 0 Å². The second-order valence-electron chi connectivity index (χ2n) is 6.05. The Morgan fingerprint density at radius 1 is 1.26 bits per heavy atom. The molecule has 3 nitrogen and oxygen atoms in total. The van der Waals surface area contributed by atoms with E-state index < -0.39 is 0 Å². The standard InChI is InChI=1S/C16H26N2O/c1-2-17-15(14-7-12-19-13-14)16(8-3-4-9-16)18-10-5-6-11-18/h7,12-13,15,17H,2-6,8-11H2,1H3. The highest BCUT2D eigenvalue weighted by Crippen LogP contribution is 2.45. The Balaban J connectivity index is 1.91. The molecule has 1 aliphatic heterocycles. The first kappa shape index (κ1) is 13.2. The van der Waals surface area contributed by atoms with Crippen molar-refractivity contribution in [2.24, 2.45) is 0 Å². The second-order valence-corrected chi connectivity index (χ2v) is 6.05. The molecule has 0 aromatic carbocycles. The van der Waals surface area contributed by atoms with Crippen LogP contribution in [-0.4, -0.2) is 30.1 Å². The molecule has 106 valence electrons. The molecule has 1 saturated heterocycles. The molecule has 1 aromatic heterocycles. The quantitative estimate of drug-likeness (QED) is 0.882. The predicted octanol–water partition coefficient (Wildman–Crippen LogP) is 3.34. The van der Waals surface area contributed by atoms with E-state index in [1.807, 2.05) is 12.5 Å². The minimum absolute atomic E-state index is 0.330. The van der Waals surface area contributed by atoms with E-state index in [4.69, 9.17) is 4.42 Å². The minimum atomic E-state index is 0.330. The van der Waals surface area contributed by atoms with Crippen LogP contribution in [0.3, 0.4) is 0 Å². The zero-order valence-corrected chi connectivity index (χ0v) is 12.0. The van der Waals surface area contributed by atoms with Crippen LogP contribution in [0.2, 0.25) is 0 Å². The van der Waals surface area contributed by atoms with E-state index in [1.165, 1.54) is 57.2 Å². The lowest BCUT2D eigenvalue weighted by Gasteiger charge is -2.45. The molecule has 1 aromatic rings. The van der Waals surface area contributed by atoms with Gasteiger partial charge in [0.2, 0.25) is 0 Å². The zero-order valence-electron chi connectivity index (χ0n) is 12.0. The van der Waals surface area contributed by atoms with Crippen LogP contribution < -0.4 is 5.32 Å². The molecule has 1 saturated carbocycles. The highest BCUT2D eigenvalue weighted by Gasteiger charge is 2.47. The molecular weight excluding hydrogens is 236 g/mol. The maximum absolute atomic E-state index is 5.35. The van der Waals surface area contributed by atoms with E-state index in [1.54, 1.807) is 0 Å². The van der Waals surface area contributed by atoms with E-state index in [0.717, 1.165) is 6.54 Å². The van der Waals surface area contributed by atoms with Crippen molar-refractivity contribution in [1.82, 2.24) is 10.2 Å². The summed E-state index contributed by atoms with van der Waals surface area (Å²) in [7, 11) is 0. The van der Waals surface area contributed by atoms with Gasteiger partial charge in [0.1, 0.15) is 0 Å². The Morgan fingerprint density at radius 2 is 2.00 bits per heavy atom. The molecule has 0 bridgehead atoms.